The van der Waals surface area contributed by atoms with Crippen LogP contribution >= 0.6 is 0 Å². The van der Waals surface area contributed by atoms with Crippen molar-refractivity contribution >= 4 is 5.82 Å². The van der Waals surface area contributed by atoms with Gasteiger partial charge in [0.2, 0.25) is 0 Å². The zero-order chi connectivity index (χ0) is 12.3. The highest BCUT2D eigenvalue weighted by atomic mass is 16.5. The fraction of sp³-hybridized carbons (Fsp3) is 0.308. The molecule has 2 rings (SSSR count). The molecule has 0 amide bonds. The molecule has 0 aliphatic heterocycles. The van der Waals surface area contributed by atoms with E-state index in [1.54, 1.807) is 10.7 Å². The molecule has 0 atom stereocenters. The average Bonchev–Trinajstić information content (AvgIpc) is 2.70. The van der Waals surface area contributed by atoms with Gasteiger partial charge in [-0.25, -0.2) is 0 Å². The van der Waals surface area contributed by atoms with Gasteiger partial charge in [-0.05, 0) is 43.2 Å². The van der Waals surface area contributed by atoms with E-state index in [4.69, 9.17) is 10.5 Å². The highest BCUT2D eigenvalue weighted by molar-refractivity contribution is 5.33. The zero-order valence-electron chi connectivity index (χ0n) is 10.2. The Balaban J connectivity index is 1.87. The lowest BCUT2D eigenvalue weighted by Gasteiger charge is -2.08. The molecule has 0 aliphatic carbocycles. The number of nitrogens with zero attached hydrogens (tertiary/aromatic N) is 2. The van der Waals surface area contributed by atoms with Crippen LogP contribution in [0.5, 0.6) is 5.75 Å². The second kappa shape index (κ2) is 4.91. The Hall–Kier alpha value is -1.97. The van der Waals surface area contributed by atoms with Crippen LogP contribution in [0.25, 0.3) is 0 Å². The number of ether oxygens (including phenoxy) is 1. The summed E-state index contributed by atoms with van der Waals surface area (Å²) in [5.41, 5.74) is 8.04. The van der Waals surface area contributed by atoms with E-state index in [0.29, 0.717) is 19.0 Å². The van der Waals surface area contributed by atoms with Crippen molar-refractivity contribution < 1.29 is 4.74 Å². The fourth-order valence-corrected chi connectivity index (χ4v) is 1.56. The molecule has 0 spiro atoms. The normalized spacial score (nSPS) is 10.5. The minimum Gasteiger partial charge on any atom is -0.492 e. The summed E-state index contributed by atoms with van der Waals surface area (Å²) in [5.74, 6) is 1.43. The smallest absolute Gasteiger partial charge is 0.145 e. The van der Waals surface area contributed by atoms with Crippen LogP contribution in [0.15, 0.2) is 30.5 Å². The van der Waals surface area contributed by atoms with E-state index in [1.807, 2.05) is 18.3 Å². The van der Waals surface area contributed by atoms with E-state index in [-0.39, 0.29) is 0 Å². The van der Waals surface area contributed by atoms with Crippen molar-refractivity contribution in [2.24, 2.45) is 0 Å². The van der Waals surface area contributed by atoms with Crippen LogP contribution in [-0.2, 0) is 6.54 Å². The predicted molar refractivity (Wildman–Crippen MR) is 68.1 cm³/mol. The molecule has 2 aromatic rings. The van der Waals surface area contributed by atoms with Crippen LogP contribution < -0.4 is 10.5 Å². The van der Waals surface area contributed by atoms with Gasteiger partial charge >= 0.3 is 0 Å². The highest BCUT2D eigenvalue weighted by Crippen LogP contribution is 2.16. The van der Waals surface area contributed by atoms with Gasteiger partial charge in [-0.1, -0.05) is 6.07 Å². The number of hydrogen-bond acceptors (Lipinski definition) is 3. The third-order valence-corrected chi connectivity index (χ3v) is 2.73. The third kappa shape index (κ3) is 3.00. The highest BCUT2D eigenvalue weighted by Gasteiger charge is 1.98. The van der Waals surface area contributed by atoms with E-state index < -0.39 is 0 Å². The van der Waals surface area contributed by atoms with E-state index in [9.17, 15) is 0 Å². The molecule has 0 fully saturated rings. The Morgan fingerprint density at radius 3 is 2.71 bits per heavy atom. The molecular weight excluding hydrogens is 214 g/mol. The Labute approximate surface area is 101 Å². The Bertz CT molecular complexity index is 505. The van der Waals surface area contributed by atoms with Crippen LogP contribution in [0.3, 0.4) is 0 Å². The summed E-state index contributed by atoms with van der Waals surface area (Å²) in [5, 5.41) is 4.09. The van der Waals surface area contributed by atoms with Gasteiger partial charge in [-0.2, -0.15) is 5.10 Å². The van der Waals surface area contributed by atoms with Crippen molar-refractivity contribution in [1.29, 1.82) is 0 Å². The SMILES string of the molecule is Cc1ccc(OCCn2ccc(N)n2)cc1C. The summed E-state index contributed by atoms with van der Waals surface area (Å²) < 4.78 is 7.43. The number of rotatable bonds is 4. The van der Waals surface area contributed by atoms with Crippen molar-refractivity contribution in [3.8, 4) is 5.75 Å². The van der Waals surface area contributed by atoms with Gasteiger partial charge in [0.1, 0.15) is 18.2 Å². The van der Waals surface area contributed by atoms with E-state index >= 15 is 0 Å². The second-order valence-corrected chi connectivity index (χ2v) is 4.10. The van der Waals surface area contributed by atoms with Gasteiger partial charge in [-0.3, -0.25) is 4.68 Å². The number of aryl methyl sites for hydroxylation is 2. The largest absolute Gasteiger partial charge is 0.492 e. The summed E-state index contributed by atoms with van der Waals surface area (Å²) >= 11 is 0. The standard InChI is InChI=1S/C13H17N3O/c1-10-3-4-12(9-11(10)2)17-8-7-16-6-5-13(14)15-16/h3-6,9H,7-8H2,1-2H3,(H2,14,15). The molecular formula is C13H17N3O. The van der Waals surface area contributed by atoms with Crippen molar-refractivity contribution in [3.05, 3.63) is 41.6 Å². The van der Waals surface area contributed by atoms with Crippen LogP contribution in [0.1, 0.15) is 11.1 Å². The summed E-state index contributed by atoms with van der Waals surface area (Å²) in [6.07, 6.45) is 1.85. The van der Waals surface area contributed by atoms with Crippen molar-refractivity contribution in [3.63, 3.8) is 0 Å². The summed E-state index contributed by atoms with van der Waals surface area (Å²) in [6, 6.07) is 7.87. The molecule has 2 N–H and O–H groups in total. The monoisotopic (exact) mass is 231 g/mol. The first kappa shape index (κ1) is 11.5. The quantitative estimate of drug-likeness (QED) is 0.877. The summed E-state index contributed by atoms with van der Waals surface area (Å²) in [4.78, 5) is 0. The Morgan fingerprint density at radius 2 is 2.06 bits per heavy atom. The maximum absolute atomic E-state index is 5.65. The van der Waals surface area contributed by atoms with Gasteiger partial charge in [0.05, 0.1) is 6.54 Å². The number of hydrogen-bond donors (Lipinski definition) is 1. The van der Waals surface area contributed by atoms with Crippen molar-refractivity contribution in [2.45, 2.75) is 20.4 Å². The van der Waals surface area contributed by atoms with Crippen molar-refractivity contribution in [1.82, 2.24) is 9.78 Å². The first-order chi connectivity index (χ1) is 8.15. The van der Waals surface area contributed by atoms with Gasteiger partial charge in [0.15, 0.2) is 0 Å². The molecule has 4 heteroatoms. The molecule has 0 aliphatic rings. The molecule has 0 saturated carbocycles. The van der Waals surface area contributed by atoms with Crippen LogP contribution in [0, 0.1) is 13.8 Å². The molecule has 1 heterocycles. The topological polar surface area (TPSA) is 53.1 Å². The van der Waals surface area contributed by atoms with Crippen LogP contribution in [-0.4, -0.2) is 16.4 Å². The van der Waals surface area contributed by atoms with Gasteiger partial charge in [0.25, 0.3) is 0 Å². The number of anilines is 1. The predicted octanol–water partition coefficient (Wildman–Crippen LogP) is 2.16. The molecule has 1 aromatic carbocycles. The molecule has 4 nitrogen and oxygen atoms in total. The van der Waals surface area contributed by atoms with E-state index in [1.165, 1.54) is 11.1 Å². The molecule has 90 valence electrons. The van der Waals surface area contributed by atoms with E-state index in [0.717, 1.165) is 5.75 Å². The first-order valence-corrected chi connectivity index (χ1v) is 5.64. The minimum atomic E-state index is 0.538. The number of aromatic nitrogens is 2. The van der Waals surface area contributed by atoms with Crippen LogP contribution in [0.4, 0.5) is 5.82 Å². The molecule has 0 saturated heterocycles. The Kier molecular flexibility index (Phi) is 3.32. The number of nitrogen functional groups attached to an aromatic ring is 1. The molecule has 0 radical (unpaired) electrons. The summed E-state index contributed by atoms with van der Waals surface area (Å²) in [7, 11) is 0. The Morgan fingerprint density at radius 1 is 1.24 bits per heavy atom. The average molecular weight is 231 g/mol. The molecule has 0 unspecified atom stereocenters. The van der Waals surface area contributed by atoms with Gasteiger partial charge in [0, 0.05) is 6.20 Å². The zero-order valence-corrected chi connectivity index (χ0v) is 10.2. The molecule has 1 aromatic heterocycles. The lowest BCUT2D eigenvalue weighted by molar-refractivity contribution is 0.291. The lowest BCUT2D eigenvalue weighted by Crippen LogP contribution is -2.09. The number of benzene rings is 1. The maximum Gasteiger partial charge on any atom is 0.145 e. The van der Waals surface area contributed by atoms with Crippen molar-refractivity contribution in [2.75, 3.05) is 12.3 Å². The minimum absolute atomic E-state index is 0.538. The maximum atomic E-state index is 5.65. The molecule has 17 heavy (non-hydrogen) atoms. The van der Waals surface area contributed by atoms with Gasteiger partial charge < -0.3 is 10.5 Å². The van der Waals surface area contributed by atoms with E-state index in [2.05, 4.69) is 25.0 Å². The first-order valence-electron chi connectivity index (χ1n) is 5.64. The van der Waals surface area contributed by atoms with Crippen LogP contribution in [0.2, 0.25) is 0 Å². The second-order valence-electron chi connectivity index (χ2n) is 4.10. The van der Waals surface area contributed by atoms with Gasteiger partial charge in [-0.15, -0.1) is 0 Å². The third-order valence-electron chi connectivity index (χ3n) is 2.73. The summed E-state index contributed by atoms with van der Waals surface area (Å²) in [6.45, 7) is 5.45. The lowest BCUT2D eigenvalue weighted by atomic mass is 10.1. The fourth-order valence-electron chi connectivity index (χ4n) is 1.56. The molecule has 0 bridgehead atoms. The number of nitrogens with two attached hydrogens (primary N) is 1.